The van der Waals surface area contributed by atoms with Crippen LogP contribution in [0.2, 0.25) is 0 Å². The summed E-state index contributed by atoms with van der Waals surface area (Å²) in [6.45, 7) is 4.37. The summed E-state index contributed by atoms with van der Waals surface area (Å²) in [5.74, 6) is -0.332. The minimum Gasteiger partial charge on any atom is -0.457 e. The van der Waals surface area contributed by atoms with Gasteiger partial charge >= 0.3 is 5.97 Å². The van der Waals surface area contributed by atoms with Crippen molar-refractivity contribution in [3.05, 3.63) is 85.1 Å². The van der Waals surface area contributed by atoms with Crippen molar-refractivity contribution in [1.29, 1.82) is 0 Å². The fourth-order valence-corrected chi connectivity index (χ4v) is 6.96. The minimum atomic E-state index is -1.55. The lowest BCUT2D eigenvalue weighted by atomic mass is 9.99. The largest absolute Gasteiger partial charge is 0.457 e. The molecule has 0 radical (unpaired) electrons. The molecule has 4 N–H and O–H groups in total. The van der Waals surface area contributed by atoms with Gasteiger partial charge in [-0.3, -0.25) is 4.79 Å². The zero-order valence-corrected chi connectivity index (χ0v) is 39.1. The number of hydrogen-bond donors (Lipinski definition) is 4. The molecule has 62 heavy (non-hydrogen) atoms. The molecular formula is C53H90O9. The first kappa shape index (κ1) is 57.4. The molecule has 9 heteroatoms. The predicted molar refractivity (Wildman–Crippen MR) is 256 cm³/mol. The summed E-state index contributed by atoms with van der Waals surface area (Å²) in [5.41, 5.74) is 0. The molecule has 0 aromatic rings. The highest BCUT2D eigenvalue weighted by atomic mass is 16.7. The van der Waals surface area contributed by atoms with Crippen LogP contribution in [-0.4, -0.2) is 89.6 Å². The van der Waals surface area contributed by atoms with E-state index >= 15 is 0 Å². The smallest absolute Gasteiger partial charge is 0.306 e. The normalized spacial score (nSPS) is 20.5. The molecule has 0 spiro atoms. The van der Waals surface area contributed by atoms with Crippen molar-refractivity contribution in [3.63, 3.8) is 0 Å². The number of carbonyl (C=O) groups is 1. The topological polar surface area (TPSA) is 135 Å². The molecule has 6 unspecified atom stereocenters. The van der Waals surface area contributed by atoms with Crippen molar-refractivity contribution in [3.8, 4) is 0 Å². The third-order valence-corrected chi connectivity index (χ3v) is 10.8. The Morgan fingerprint density at radius 3 is 1.48 bits per heavy atom. The Labute approximate surface area is 378 Å². The summed E-state index contributed by atoms with van der Waals surface area (Å²) in [5, 5.41) is 40.2. The first-order valence-corrected chi connectivity index (χ1v) is 24.7. The van der Waals surface area contributed by atoms with E-state index < -0.39 is 43.4 Å². The highest BCUT2D eigenvalue weighted by molar-refractivity contribution is 5.69. The Bertz CT molecular complexity index is 1220. The van der Waals surface area contributed by atoms with Gasteiger partial charge in [-0.1, -0.05) is 170 Å². The van der Waals surface area contributed by atoms with Gasteiger partial charge in [0.15, 0.2) is 6.29 Å². The number of esters is 1. The standard InChI is InChI=1S/C53H90O9/c1-3-5-7-9-11-13-15-17-19-21-22-23-24-25-26-27-28-30-32-34-36-38-40-42-49(55)61-47(46-60-53-52(58)51(57)50(56)48(44-54)62-53)45-59-43-41-39-37-35-33-31-29-20-18-16-14-12-10-8-6-4-2/h5,7,11-14,17-20,22-23,25-26,47-48,50-54,56-58H,3-4,6,8-10,15-16,21,24,27-46H2,1-2H3/b7-5-,13-11-,14-12-,19-17-,20-18-,23-22-,26-25-. The number of rotatable bonds is 41. The molecule has 0 amide bonds. The lowest BCUT2D eigenvalue weighted by molar-refractivity contribution is -0.305. The number of aliphatic hydroxyl groups is 4. The zero-order valence-electron chi connectivity index (χ0n) is 39.1. The lowest BCUT2D eigenvalue weighted by Gasteiger charge is -2.39. The molecule has 1 fully saturated rings. The molecule has 1 aliphatic heterocycles. The number of carbonyl (C=O) groups excluding carboxylic acids is 1. The van der Waals surface area contributed by atoms with Crippen LogP contribution in [0.5, 0.6) is 0 Å². The van der Waals surface area contributed by atoms with Crippen molar-refractivity contribution in [2.45, 2.75) is 218 Å². The second-order valence-electron chi connectivity index (χ2n) is 16.5. The maximum absolute atomic E-state index is 12.8. The van der Waals surface area contributed by atoms with Gasteiger partial charge in [-0.25, -0.2) is 0 Å². The van der Waals surface area contributed by atoms with Gasteiger partial charge in [0.1, 0.15) is 30.5 Å². The van der Waals surface area contributed by atoms with Crippen LogP contribution in [0.15, 0.2) is 85.1 Å². The summed E-state index contributed by atoms with van der Waals surface area (Å²) in [7, 11) is 0. The molecule has 1 rings (SSSR count). The third kappa shape index (κ3) is 33.9. The predicted octanol–water partition coefficient (Wildman–Crippen LogP) is 11.8. The minimum absolute atomic E-state index is 0.127. The highest BCUT2D eigenvalue weighted by Crippen LogP contribution is 2.22. The number of ether oxygens (including phenoxy) is 4. The molecule has 1 aliphatic rings. The Balaban J connectivity index is 2.25. The SMILES string of the molecule is CC/C=C\C/C=C\C/C=C\C/C=C\C/C=C\CCCCCCCCCC(=O)OC(COCCCCCCCC/C=C\C/C=C\CCCCC)COC1OC(CO)C(O)C(O)C1O. The number of hydrogen-bond acceptors (Lipinski definition) is 9. The van der Waals surface area contributed by atoms with E-state index in [1.165, 1.54) is 64.2 Å². The van der Waals surface area contributed by atoms with Gasteiger partial charge in [-0.15, -0.1) is 0 Å². The highest BCUT2D eigenvalue weighted by Gasteiger charge is 2.44. The molecule has 0 aromatic heterocycles. The van der Waals surface area contributed by atoms with Crippen LogP contribution < -0.4 is 0 Å². The first-order valence-electron chi connectivity index (χ1n) is 24.7. The molecule has 1 heterocycles. The quantitative estimate of drug-likeness (QED) is 0.0269. The van der Waals surface area contributed by atoms with Crippen LogP contribution in [0.1, 0.15) is 181 Å². The fraction of sp³-hybridized carbons (Fsp3) is 0.717. The Morgan fingerprint density at radius 1 is 0.532 bits per heavy atom. The summed E-state index contributed by atoms with van der Waals surface area (Å²) >= 11 is 0. The van der Waals surface area contributed by atoms with Crippen LogP contribution in [0.4, 0.5) is 0 Å². The average Bonchev–Trinajstić information content (AvgIpc) is 3.27. The Morgan fingerprint density at radius 2 is 0.984 bits per heavy atom. The third-order valence-electron chi connectivity index (χ3n) is 10.8. The monoisotopic (exact) mass is 871 g/mol. The van der Waals surface area contributed by atoms with Gasteiger partial charge in [0, 0.05) is 13.0 Å². The van der Waals surface area contributed by atoms with Crippen LogP contribution in [0.3, 0.4) is 0 Å². The van der Waals surface area contributed by atoms with Crippen LogP contribution >= 0.6 is 0 Å². The van der Waals surface area contributed by atoms with E-state index in [9.17, 15) is 25.2 Å². The van der Waals surface area contributed by atoms with E-state index in [0.717, 1.165) is 96.3 Å². The van der Waals surface area contributed by atoms with E-state index in [0.29, 0.717) is 13.0 Å². The molecule has 356 valence electrons. The molecule has 1 saturated heterocycles. The van der Waals surface area contributed by atoms with E-state index in [4.69, 9.17) is 18.9 Å². The van der Waals surface area contributed by atoms with Gasteiger partial charge in [-0.05, 0) is 89.9 Å². The summed E-state index contributed by atoms with van der Waals surface area (Å²) in [6.07, 6.45) is 51.7. The molecule has 0 bridgehead atoms. The van der Waals surface area contributed by atoms with Crippen molar-refractivity contribution >= 4 is 5.97 Å². The Kier molecular flexibility index (Phi) is 40.4. The average molecular weight is 871 g/mol. The molecule has 0 aromatic carbocycles. The van der Waals surface area contributed by atoms with E-state index in [1.54, 1.807) is 0 Å². The summed E-state index contributed by atoms with van der Waals surface area (Å²) in [6, 6.07) is 0. The molecule has 6 atom stereocenters. The van der Waals surface area contributed by atoms with Crippen LogP contribution in [0.25, 0.3) is 0 Å². The van der Waals surface area contributed by atoms with Crippen LogP contribution in [0, 0.1) is 0 Å². The maximum atomic E-state index is 12.8. The van der Waals surface area contributed by atoms with Crippen molar-refractivity contribution in [2.75, 3.05) is 26.4 Å². The molecular weight excluding hydrogens is 781 g/mol. The molecule has 0 saturated carbocycles. The Hall–Kier alpha value is -2.63. The summed E-state index contributed by atoms with van der Waals surface area (Å²) < 4.78 is 22.8. The van der Waals surface area contributed by atoms with Crippen molar-refractivity contribution < 1.29 is 44.2 Å². The van der Waals surface area contributed by atoms with Gasteiger partial charge in [0.2, 0.25) is 0 Å². The van der Waals surface area contributed by atoms with Crippen molar-refractivity contribution in [2.24, 2.45) is 0 Å². The summed E-state index contributed by atoms with van der Waals surface area (Å²) in [4.78, 5) is 12.8. The number of aliphatic hydroxyl groups excluding tert-OH is 4. The number of allylic oxidation sites excluding steroid dienone is 14. The first-order chi connectivity index (χ1) is 30.4. The van der Waals surface area contributed by atoms with Gasteiger partial charge < -0.3 is 39.4 Å². The van der Waals surface area contributed by atoms with E-state index in [2.05, 4.69) is 98.9 Å². The second kappa shape index (κ2) is 43.6. The van der Waals surface area contributed by atoms with E-state index in [1.807, 2.05) is 0 Å². The fourth-order valence-electron chi connectivity index (χ4n) is 6.96. The zero-order chi connectivity index (χ0) is 45.0. The lowest BCUT2D eigenvalue weighted by Crippen LogP contribution is -2.59. The van der Waals surface area contributed by atoms with Gasteiger partial charge in [-0.2, -0.15) is 0 Å². The van der Waals surface area contributed by atoms with E-state index in [-0.39, 0.29) is 19.2 Å². The molecule has 0 aliphatic carbocycles. The number of unbranched alkanes of at least 4 members (excludes halogenated alkanes) is 16. The molecule has 9 nitrogen and oxygen atoms in total. The van der Waals surface area contributed by atoms with Crippen molar-refractivity contribution in [1.82, 2.24) is 0 Å². The van der Waals surface area contributed by atoms with Gasteiger partial charge in [0.25, 0.3) is 0 Å². The maximum Gasteiger partial charge on any atom is 0.306 e. The van der Waals surface area contributed by atoms with Crippen LogP contribution in [-0.2, 0) is 23.7 Å². The van der Waals surface area contributed by atoms with Gasteiger partial charge in [0.05, 0.1) is 19.8 Å². The second-order valence-corrected chi connectivity index (χ2v) is 16.5.